The topological polar surface area (TPSA) is 29.5 Å². The van der Waals surface area contributed by atoms with Crippen LogP contribution in [0.1, 0.15) is 29.0 Å². The lowest BCUT2D eigenvalue weighted by atomic mass is 9.80. The summed E-state index contributed by atoms with van der Waals surface area (Å²) in [6.45, 7) is 0.406. The van der Waals surface area contributed by atoms with Gasteiger partial charge in [0.15, 0.2) is 0 Å². The third-order valence-electron chi connectivity index (χ3n) is 6.04. The predicted octanol–water partition coefficient (Wildman–Crippen LogP) is 6.06. The highest BCUT2D eigenvalue weighted by Crippen LogP contribution is 2.46. The maximum atomic E-state index is 13.4. The molecule has 1 heterocycles. The lowest BCUT2D eigenvalue weighted by Crippen LogP contribution is -2.36. The van der Waals surface area contributed by atoms with Crippen LogP contribution in [0.25, 0.3) is 10.8 Å². The van der Waals surface area contributed by atoms with Crippen LogP contribution in [-0.2, 0) is 11.3 Å². The van der Waals surface area contributed by atoms with Crippen molar-refractivity contribution in [3.8, 4) is 5.75 Å². The number of carbonyl (C=O) groups excluding carboxylic acids is 1. The lowest BCUT2D eigenvalue weighted by molar-refractivity contribution is -0.119. The second-order valence-corrected chi connectivity index (χ2v) is 7.82. The molecule has 0 fully saturated rings. The number of amides is 1. The molecule has 0 spiro atoms. The molecule has 0 radical (unpaired) electrons. The van der Waals surface area contributed by atoms with Crippen LogP contribution in [0.4, 0.5) is 10.1 Å². The zero-order valence-electron chi connectivity index (χ0n) is 17.2. The molecule has 3 nitrogen and oxygen atoms in total. The standard InChI is InChI=1S/C27H22FNO2/c1-31-25-9-5-4-8-22(25)23-16-26(30)29(17-18-10-13-20(28)14-11-18)24-15-12-19-6-2-3-7-21(19)27(23)24/h2-15,23H,16-17H2,1H3. The highest BCUT2D eigenvalue weighted by molar-refractivity contribution is 6.03. The van der Waals surface area contributed by atoms with Crippen molar-refractivity contribution in [1.29, 1.82) is 0 Å². The minimum Gasteiger partial charge on any atom is -0.496 e. The average Bonchev–Trinajstić information content (AvgIpc) is 2.81. The second kappa shape index (κ2) is 7.88. The third kappa shape index (κ3) is 3.44. The van der Waals surface area contributed by atoms with Gasteiger partial charge in [0.05, 0.1) is 13.7 Å². The highest BCUT2D eigenvalue weighted by atomic mass is 19.1. The van der Waals surface area contributed by atoms with Crippen molar-refractivity contribution in [2.75, 3.05) is 12.0 Å². The van der Waals surface area contributed by atoms with Gasteiger partial charge < -0.3 is 9.64 Å². The van der Waals surface area contributed by atoms with Crippen molar-refractivity contribution >= 4 is 22.4 Å². The maximum absolute atomic E-state index is 13.4. The van der Waals surface area contributed by atoms with E-state index < -0.39 is 0 Å². The van der Waals surface area contributed by atoms with E-state index in [0.717, 1.165) is 38.9 Å². The number of ether oxygens (including phenoxy) is 1. The largest absolute Gasteiger partial charge is 0.496 e. The molecule has 4 aromatic carbocycles. The molecule has 4 aromatic rings. The van der Waals surface area contributed by atoms with Gasteiger partial charge in [-0.2, -0.15) is 0 Å². The molecule has 0 N–H and O–H groups in total. The second-order valence-electron chi connectivity index (χ2n) is 7.82. The smallest absolute Gasteiger partial charge is 0.228 e. The molecule has 4 heteroatoms. The molecule has 1 atom stereocenters. The van der Waals surface area contributed by atoms with Crippen LogP contribution in [0, 0.1) is 5.82 Å². The predicted molar refractivity (Wildman–Crippen MR) is 121 cm³/mol. The lowest BCUT2D eigenvalue weighted by Gasteiger charge is -2.36. The summed E-state index contributed by atoms with van der Waals surface area (Å²) >= 11 is 0. The summed E-state index contributed by atoms with van der Waals surface area (Å²) < 4.78 is 19.0. The van der Waals surface area contributed by atoms with Crippen LogP contribution in [-0.4, -0.2) is 13.0 Å². The summed E-state index contributed by atoms with van der Waals surface area (Å²) in [4.78, 5) is 15.2. The number of rotatable bonds is 4. The van der Waals surface area contributed by atoms with Crippen LogP contribution in [0.3, 0.4) is 0 Å². The number of hydrogen-bond acceptors (Lipinski definition) is 2. The monoisotopic (exact) mass is 411 g/mol. The van der Waals surface area contributed by atoms with Crippen LogP contribution >= 0.6 is 0 Å². The minimum atomic E-state index is -0.281. The van der Waals surface area contributed by atoms with Crippen molar-refractivity contribution in [3.05, 3.63) is 107 Å². The van der Waals surface area contributed by atoms with Gasteiger partial charge in [0.1, 0.15) is 11.6 Å². The number of anilines is 1. The molecule has 154 valence electrons. The Hall–Kier alpha value is -3.66. The molecule has 0 aliphatic carbocycles. The molecule has 5 rings (SSSR count). The zero-order valence-corrected chi connectivity index (χ0v) is 17.2. The van der Waals surface area contributed by atoms with Gasteiger partial charge in [-0.3, -0.25) is 4.79 Å². The van der Waals surface area contributed by atoms with Crippen LogP contribution < -0.4 is 9.64 Å². The molecule has 0 saturated heterocycles. The fourth-order valence-corrected chi connectivity index (χ4v) is 4.57. The quantitative estimate of drug-likeness (QED) is 0.409. The summed E-state index contributed by atoms with van der Waals surface area (Å²) in [5, 5.41) is 2.27. The Balaban J connectivity index is 1.69. The third-order valence-corrected chi connectivity index (χ3v) is 6.04. The normalized spacial score (nSPS) is 15.7. The van der Waals surface area contributed by atoms with E-state index in [0.29, 0.717) is 13.0 Å². The van der Waals surface area contributed by atoms with Crippen LogP contribution in [0.2, 0.25) is 0 Å². The molecule has 1 aliphatic rings. The fraction of sp³-hybridized carbons (Fsp3) is 0.148. The van der Waals surface area contributed by atoms with Crippen LogP contribution in [0.5, 0.6) is 5.75 Å². The molecule has 0 aromatic heterocycles. The van der Waals surface area contributed by atoms with E-state index in [1.54, 1.807) is 19.2 Å². The first kappa shape index (κ1) is 19.3. The summed E-state index contributed by atoms with van der Waals surface area (Å²) in [5.41, 5.74) is 3.93. The van der Waals surface area contributed by atoms with E-state index >= 15 is 0 Å². The molecule has 31 heavy (non-hydrogen) atoms. The van der Waals surface area contributed by atoms with E-state index in [2.05, 4.69) is 18.2 Å². The van der Waals surface area contributed by atoms with E-state index in [9.17, 15) is 9.18 Å². The number of benzene rings is 4. The highest BCUT2D eigenvalue weighted by Gasteiger charge is 2.34. The Morgan fingerprint density at radius 3 is 2.48 bits per heavy atom. The molecule has 0 bridgehead atoms. The van der Waals surface area contributed by atoms with Gasteiger partial charge >= 0.3 is 0 Å². The van der Waals surface area contributed by atoms with E-state index in [4.69, 9.17) is 4.74 Å². The van der Waals surface area contributed by atoms with Gasteiger partial charge in [0.2, 0.25) is 5.91 Å². The maximum Gasteiger partial charge on any atom is 0.228 e. The number of nitrogens with zero attached hydrogens (tertiary/aromatic N) is 1. The summed E-state index contributed by atoms with van der Waals surface area (Å²) in [6, 6.07) is 26.6. The van der Waals surface area contributed by atoms with E-state index in [-0.39, 0.29) is 17.6 Å². The van der Waals surface area contributed by atoms with Gasteiger partial charge in [-0.1, -0.05) is 60.7 Å². The summed E-state index contributed by atoms with van der Waals surface area (Å²) in [7, 11) is 1.66. The number of methoxy groups -OCH3 is 1. The van der Waals surface area contributed by atoms with Gasteiger partial charge in [0, 0.05) is 23.6 Å². The molecule has 1 unspecified atom stereocenters. The van der Waals surface area contributed by atoms with Crippen LogP contribution in [0.15, 0.2) is 84.9 Å². The van der Waals surface area contributed by atoms with Gasteiger partial charge in [-0.05, 0) is 46.2 Å². The molecule has 1 amide bonds. The molecule has 0 saturated carbocycles. The van der Waals surface area contributed by atoms with Crippen molar-refractivity contribution in [3.63, 3.8) is 0 Å². The summed E-state index contributed by atoms with van der Waals surface area (Å²) in [6.07, 6.45) is 0.350. The van der Waals surface area contributed by atoms with Gasteiger partial charge in [-0.15, -0.1) is 0 Å². The first-order valence-corrected chi connectivity index (χ1v) is 10.3. The molecule has 1 aliphatic heterocycles. The SMILES string of the molecule is COc1ccccc1C1CC(=O)N(Cc2ccc(F)cc2)c2ccc3ccccc3c21. The first-order chi connectivity index (χ1) is 15.2. The number of carbonyl (C=O) groups is 1. The van der Waals surface area contributed by atoms with Crippen molar-refractivity contribution in [2.45, 2.75) is 18.9 Å². The van der Waals surface area contributed by atoms with Crippen molar-refractivity contribution in [2.24, 2.45) is 0 Å². The minimum absolute atomic E-state index is 0.0445. The molecular weight excluding hydrogens is 389 g/mol. The van der Waals surface area contributed by atoms with Crippen molar-refractivity contribution < 1.29 is 13.9 Å². The fourth-order valence-electron chi connectivity index (χ4n) is 4.57. The first-order valence-electron chi connectivity index (χ1n) is 10.3. The average molecular weight is 411 g/mol. The Morgan fingerprint density at radius 2 is 1.68 bits per heavy atom. The Labute approximate surface area is 180 Å². The molecular formula is C27H22FNO2. The number of para-hydroxylation sites is 1. The number of hydrogen-bond donors (Lipinski definition) is 0. The Bertz CT molecular complexity index is 1270. The Kier molecular flexibility index (Phi) is 4.91. The zero-order chi connectivity index (χ0) is 21.4. The van der Waals surface area contributed by atoms with Gasteiger partial charge in [0.25, 0.3) is 0 Å². The van der Waals surface area contributed by atoms with E-state index in [1.807, 2.05) is 47.4 Å². The van der Waals surface area contributed by atoms with Crippen molar-refractivity contribution in [1.82, 2.24) is 0 Å². The summed E-state index contributed by atoms with van der Waals surface area (Å²) in [5.74, 6) is 0.444. The number of fused-ring (bicyclic) bond motifs is 3. The Morgan fingerprint density at radius 1 is 0.935 bits per heavy atom. The van der Waals surface area contributed by atoms with Gasteiger partial charge in [-0.25, -0.2) is 4.39 Å². The van der Waals surface area contributed by atoms with E-state index in [1.165, 1.54) is 12.1 Å². The number of halogens is 1.